The Balaban J connectivity index is 1.45. The third-order valence-corrected chi connectivity index (χ3v) is 6.92. The van der Waals surface area contributed by atoms with Crippen molar-refractivity contribution in [2.45, 2.75) is 18.1 Å². The maximum atomic E-state index is 12.6. The van der Waals surface area contributed by atoms with Gasteiger partial charge in [0, 0.05) is 22.7 Å². The molecule has 1 aromatic heterocycles. The normalized spacial score (nSPS) is 13.9. The lowest BCUT2D eigenvalue weighted by molar-refractivity contribution is 0.102. The third kappa shape index (κ3) is 4.53. The maximum absolute atomic E-state index is 12.6. The molecule has 1 aliphatic rings. The van der Waals surface area contributed by atoms with E-state index in [9.17, 15) is 13.2 Å². The number of fused-ring (bicyclic) bond motifs is 1. The van der Waals surface area contributed by atoms with Gasteiger partial charge in [0.05, 0.1) is 17.7 Å². The van der Waals surface area contributed by atoms with Crippen molar-refractivity contribution in [3.8, 4) is 11.5 Å². The average Bonchev–Trinajstić information content (AvgIpc) is 3.19. The van der Waals surface area contributed by atoms with E-state index in [-0.39, 0.29) is 11.5 Å². The van der Waals surface area contributed by atoms with Gasteiger partial charge in [-0.1, -0.05) is 29.4 Å². The van der Waals surface area contributed by atoms with Crippen LogP contribution >= 0.6 is 23.4 Å². The molecule has 10 heteroatoms. The Morgan fingerprint density at radius 1 is 1.23 bits per heavy atom. The highest BCUT2D eigenvalue weighted by Crippen LogP contribution is 2.31. The number of ketones is 1. The van der Waals surface area contributed by atoms with E-state index in [0.717, 1.165) is 30.2 Å². The minimum absolute atomic E-state index is 0.0956. The van der Waals surface area contributed by atoms with E-state index in [4.69, 9.17) is 16.0 Å². The predicted molar refractivity (Wildman–Crippen MR) is 117 cm³/mol. The Hall–Kier alpha value is -2.36. The Morgan fingerprint density at radius 3 is 2.83 bits per heavy atom. The van der Waals surface area contributed by atoms with Crippen LogP contribution in [0.5, 0.6) is 0 Å². The number of anilines is 1. The van der Waals surface area contributed by atoms with Gasteiger partial charge in [-0.25, -0.2) is 8.42 Å². The van der Waals surface area contributed by atoms with Gasteiger partial charge >= 0.3 is 0 Å². The summed E-state index contributed by atoms with van der Waals surface area (Å²) in [4.78, 5) is 12.6. The van der Waals surface area contributed by atoms with Crippen molar-refractivity contribution >= 4 is 44.9 Å². The van der Waals surface area contributed by atoms with Crippen LogP contribution in [-0.4, -0.2) is 43.0 Å². The summed E-state index contributed by atoms with van der Waals surface area (Å²) in [7, 11) is -3.33. The molecule has 0 atom stereocenters. The van der Waals surface area contributed by atoms with Gasteiger partial charge in [-0.15, -0.1) is 10.2 Å². The molecule has 0 spiro atoms. The summed E-state index contributed by atoms with van der Waals surface area (Å²) in [6.45, 7) is 0.459. The molecule has 156 valence electrons. The molecule has 0 bridgehead atoms. The van der Waals surface area contributed by atoms with E-state index in [1.54, 1.807) is 36.4 Å². The Bertz CT molecular complexity index is 1210. The van der Waals surface area contributed by atoms with E-state index in [1.165, 1.54) is 10.6 Å². The van der Waals surface area contributed by atoms with Crippen LogP contribution in [0.2, 0.25) is 5.02 Å². The van der Waals surface area contributed by atoms with Gasteiger partial charge < -0.3 is 4.42 Å². The molecule has 7 nitrogen and oxygen atoms in total. The SMILES string of the molecule is CS(=O)(=O)N1CCCc2cc(C(=O)CSc3nnc(-c4cccc(Cl)c4)o3)ccc21. The van der Waals surface area contributed by atoms with Crippen LogP contribution in [-0.2, 0) is 16.4 Å². The van der Waals surface area contributed by atoms with Crippen LogP contribution in [0.25, 0.3) is 11.5 Å². The lowest BCUT2D eigenvalue weighted by Crippen LogP contribution is -2.34. The first kappa shape index (κ1) is 20.9. The largest absolute Gasteiger partial charge is 0.411 e. The van der Waals surface area contributed by atoms with Crippen molar-refractivity contribution in [3.05, 3.63) is 58.6 Å². The van der Waals surface area contributed by atoms with Gasteiger partial charge in [0.25, 0.3) is 5.22 Å². The van der Waals surface area contributed by atoms with Gasteiger partial charge in [0.1, 0.15) is 0 Å². The molecule has 0 fully saturated rings. The van der Waals surface area contributed by atoms with Gasteiger partial charge in [0.2, 0.25) is 15.9 Å². The summed E-state index contributed by atoms with van der Waals surface area (Å²) < 4.78 is 31.0. The molecule has 0 saturated carbocycles. The molecule has 0 radical (unpaired) electrons. The maximum Gasteiger partial charge on any atom is 0.277 e. The summed E-state index contributed by atoms with van der Waals surface area (Å²) in [5, 5.41) is 8.83. The number of rotatable bonds is 6. The Morgan fingerprint density at radius 2 is 2.07 bits per heavy atom. The second-order valence-corrected chi connectivity index (χ2v) is 10.1. The highest BCUT2D eigenvalue weighted by Gasteiger charge is 2.24. The van der Waals surface area contributed by atoms with Crippen molar-refractivity contribution < 1.29 is 17.6 Å². The number of hydrogen-bond donors (Lipinski definition) is 0. The standard InChI is InChI=1S/C20H18ClN3O4S2/c1-30(26,27)24-9-3-5-13-10-14(7-8-17(13)24)18(25)12-29-20-23-22-19(28-20)15-4-2-6-16(21)11-15/h2,4,6-8,10-11H,3,5,9,12H2,1H3. The van der Waals surface area contributed by atoms with Gasteiger partial charge in [-0.05, 0) is 54.8 Å². The highest BCUT2D eigenvalue weighted by atomic mass is 35.5. The van der Waals surface area contributed by atoms with Gasteiger partial charge in [0.15, 0.2) is 5.78 Å². The molecule has 0 N–H and O–H groups in total. The monoisotopic (exact) mass is 463 g/mol. The second kappa shape index (κ2) is 8.41. The van der Waals surface area contributed by atoms with E-state index in [2.05, 4.69) is 10.2 Å². The third-order valence-electron chi connectivity index (χ3n) is 4.68. The van der Waals surface area contributed by atoms with Gasteiger partial charge in [-0.3, -0.25) is 9.10 Å². The molecular formula is C20H18ClN3O4S2. The van der Waals surface area contributed by atoms with E-state index in [1.807, 2.05) is 6.07 Å². The summed E-state index contributed by atoms with van der Waals surface area (Å²) in [6.07, 6.45) is 2.66. The highest BCUT2D eigenvalue weighted by molar-refractivity contribution is 7.99. The zero-order valence-electron chi connectivity index (χ0n) is 16.0. The van der Waals surface area contributed by atoms with Crippen molar-refractivity contribution in [2.24, 2.45) is 0 Å². The number of aromatic nitrogens is 2. The average molecular weight is 464 g/mol. The number of aryl methyl sites for hydroxylation is 1. The smallest absolute Gasteiger partial charge is 0.277 e. The first-order valence-corrected chi connectivity index (χ1v) is 12.4. The lowest BCUT2D eigenvalue weighted by Gasteiger charge is -2.29. The first-order valence-electron chi connectivity index (χ1n) is 9.17. The zero-order chi connectivity index (χ0) is 21.3. The van der Waals surface area contributed by atoms with Crippen molar-refractivity contribution in [1.82, 2.24) is 10.2 Å². The minimum atomic E-state index is -3.33. The first-order chi connectivity index (χ1) is 14.3. The van der Waals surface area contributed by atoms with Crippen molar-refractivity contribution in [1.29, 1.82) is 0 Å². The fourth-order valence-corrected chi connectivity index (χ4v) is 5.14. The molecule has 0 aliphatic carbocycles. The predicted octanol–water partition coefficient (Wildman–Crippen LogP) is 4.08. The molecule has 0 amide bonds. The lowest BCUT2D eigenvalue weighted by atomic mass is 9.99. The summed E-state index contributed by atoms with van der Waals surface area (Å²) in [5.74, 6) is 0.370. The molecule has 0 unspecified atom stereocenters. The number of carbonyl (C=O) groups excluding carboxylic acids is 1. The summed E-state index contributed by atoms with van der Waals surface area (Å²) in [5.41, 5.74) is 2.75. The number of sulfonamides is 1. The van der Waals surface area contributed by atoms with Crippen LogP contribution in [0.15, 0.2) is 52.1 Å². The Kier molecular flexibility index (Phi) is 5.86. The van der Waals surface area contributed by atoms with E-state index >= 15 is 0 Å². The van der Waals surface area contributed by atoms with Crippen LogP contribution in [0, 0.1) is 0 Å². The minimum Gasteiger partial charge on any atom is -0.411 e. The van der Waals surface area contributed by atoms with Crippen LogP contribution in [0.1, 0.15) is 22.3 Å². The number of benzene rings is 2. The van der Waals surface area contributed by atoms with Crippen LogP contribution < -0.4 is 4.31 Å². The molecular weight excluding hydrogens is 446 g/mol. The van der Waals surface area contributed by atoms with Crippen molar-refractivity contribution in [2.75, 3.05) is 22.9 Å². The van der Waals surface area contributed by atoms with Crippen molar-refractivity contribution in [3.63, 3.8) is 0 Å². The van der Waals surface area contributed by atoms with Crippen LogP contribution in [0.4, 0.5) is 5.69 Å². The molecule has 0 saturated heterocycles. The topological polar surface area (TPSA) is 93.4 Å². The molecule has 1 aliphatic heterocycles. The van der Waals surface area contributed by atoms with E-state index < -0.39 is 10.0 Å². The zero-order valence-corrected chi connectivity index (χ0v) is 18.4. The summed E-state index contributed by atoms with van der Waals surface area (Å²) in [6, 6.07) is 12.2. The quantitative estimate of drug-likeness (QED) is 0.401. The number of thioether (sulfide) groups is 1. The number of Topliss-reactive ketones (excluding diaryl/α,β-unsaturated/α-hetero) is 1. The molecule has 3 aromatic rings. The molecule has 2 aromatic carbocycles. The molecule has 30 heavy (non-hydrogen) atoms. The molecule has 4 rings (SSSR count). The molecule has 2 heterocycles. The fourth-order valence-electron chi connectivity index (χ4n) is 3.30. The van der Waals surface area contributed by atoms with Gasteiger partial charge in [-0.2, -0.15) is 0 Å². The number of hydrogen-bond acceptors (Lipinski definition) is 7. The fraction of sp³-hybridized carbons (Fsp3) is 0.250. The Labute approximate surface area is 183 Å². The summed E-state index contributed by atoms with van der Waals surface area (Å²) >= 11 is 7.14. The van der Waals surface area contributed by atoms with E-state index in [0.29, 0.717) is 39.5 Å². The van der Waals surface area contributed by atoms with Crippen LogP contribution in [0.3, 0.4) is 0 Å². The number of nitrogens with zero attached hydrogens (tertiary/aromatic N) is 3. The number of halogens is 1. The second-order valence-electron chi connectivity index (χ2n) is 6.88. The number of carbonyl (C=O) groups is 1.